The Kier molecular flexibility index (Phi) is 2.47. The summed E-state index contributed by atoms with van der Waals surface area (Å²) in [5, 5.41) is 0. The second-order valence-corrected chi connectivity index (χ2v) is 4.67. The quantitative estimate of drug-likeness (QED) is 0.564. The van der Waals surface area contributed by atoms with Gasteiger partial charge in [0.25, 0.3) is 0 Å². The summed E-state index contributed by atoms with van der Waals surface area (Å²) in [5.41, 5.74) is 2.42. The van der Waals surface area contributed by atoms with Crippen molar-refractivity contribution in [1.29, 1.82) is 0 Å². The first-order valence-electron chi connectivity index (χ1n) is 4.73. The van der Waals surface area contributed by atoms with Crippen LogP contribution in [0.2, 0.25) is 0 Å². The molecule has 0 aromatic rings. The van der Waals surface area contributed by atoms with E-state index in [0.717, 1.165) is 0 Å². The summed E-state index contributed by atoms with van der Waals surface area (Å²) in [6, 6.07) is 0. The van der Waals surface area contributed by atoms with Crippen LogP contribution in [-0.4, -0.2) is 5.78 Å². The van der Waals surface area contributed by atoms with Crippen LogP contribution in [0.4, 0.5) is 0 Å². The molecule has 1 aliphatic carbocycles. The van der Waals surface area contributed by atoms with E-state index in [9.17, 15) is 4.79 Å². The van der Waals surface area contributed by atoms with Gasteiger partial charge in [-0.15, -0.1) is 0 Å². The number of hydrogen-bond donors (Lipinski definition) is 0. The van der Waals surface area contributed by atoms with Crippen molar-refractivity contribution in [3.05, 3.63) is 23.3 Å². The van der Waals surface area contributed by atoms with Gasteiger partial charge < -0.3 is 0 Å². The summed E-state index contributed by atoms with van der Waals surface area (Å²) in [4.78, 5) is 11.6. The summed E-state index contributed by atoms with van der Waals surface area (Å²) >= 11 is 0. The van der Waals surface area contributed by atoms with Crippen molar-refractivity contribution in [2.45, 2.75) is 34.6 Å². The van der Waals surface area contributed by atoms with Crippen molar-refractivity contribution < 1.29 is 4.79 Å². The Morgan fingerprint density at radius 1 is 1.46 bits per heavy atom. The smallest absolute Gasteiger partial charge is 0.163 e. The highest BCUT2D eigenvalue weighted by Gasteiger charge is 2.39. The van der Waals surface area contributed by atoms with E-state index in [1.807, 2.05) is 20.8 Å². The topological polar surface area (TPSA) is 17.1 Å². The average molecular weight is 178 g/mol. The van der Waals surface area contributed by atoms with Crippen LogP contribution in [0, 0.1) is 11.3 Å². The molecule has 0 spiro atoms. The van der Waals surface area contributed by atoms with Crippen molar-refractivity contribution in [2.75, 3.05) is 0 Å². The fourth-order valence-electron chi connectivity index (χ4n) is 1.71. The second kappa shape index (κ2) is 3.13. The molecule has 0 aromatic heterocycles. The Morgan fingerprint density at radius 3 is 2.31 bits per heavy atom. The maximum atomic E-state index is 11.6. The zero-order valence-corrected chi connectivity index (χ0v) is 9.14. The molecule has 1 heteroatoms. The van der Waals surface area contributed by atoms with Gasteiger partial charge in [-0.2, -0.15) is 0 Å². The van der Waals surface area contributed by atoms with Crippen molar-refractivity contribution in [3.8, 4) is 0 Å². The zero-order valence-electron chi connectivity index (χ0n) is 9.14. The van der Waals surface area contributed by atoms with Crippen LogP contribution in [0.5, 0.6) is 0 Å². The van der Waals surface area contributed by atoms with Crippen LogP contribution in [0.25, 0.3) is 0 Å². The molecule has 0 saturated carbocycles. The highest BCUT2D eigenvalue weighted by molar-refractivity contribution is 5.97. The fraction of sp³-hybridized carbons (Fsp3) is 0.583. The number of ketones is 1. The Bertz CT molecular complexity index is 288. The van der Waals surface area contributed by atoms with E-state index in [0.29, 0.717) is 0 Å². The van der Waals surface area contributed by atoms with Gasteiger partial charge in [0.1, 0.15) is 0 Å². The largest absolute Gasteiger partial charge is 0.294 e. The summed E-state index contributed by atoms with van der Waals surface area (Å²) in [7, 11) is 0. The van der Waals surface area contributed by atoms with Gasteiger partial charge in [-0.05, 0) is 32.3 Å². The van der Waals surface area contributed by atoms with E-state index in [1.165, 1.54) is 11.1 Å². The lowest BCUT2D eigenvalue weighted by Crippen LogP contribution is -2.23. The highest BCUT2D eigenvalue weighted by atomic mass is 16.1. The predicted molar refractivity (Wildman–Crippen MR) is 55.5 cm³/mol. The van der Waals surface area contributed by atoms with Gasteiger partial charge in [-0.1, -0.05) is 31.1 Å². The normalized spacial score (nSPS) is 25.8. The monoisotopic (exact) mass is 178 g/mol. The Balaban J connectivity index is 3.03. The minimum Gasteiger partial charge on any atom is -0.294 e. The first-order valence-corrected chi connectivity index (χ1v) is 4.73. The Morgan fingerprint density at radius 2 is 2.00 bits per heavy atom. The SMILES string of the molecule is CC(C)=CC1C(=O)C=C(C)C1(C)C. The molecule has 1 unspecified atom stereocenters. The molecule has 0 bridgehead atoms. The summed E-state index contributed by atoms with van der Waals surface area (Å²) in [6.07, 6.45) is 3.86. The molecule has 1 rings (SSSR count). The summed E-state index contributed by atoms with van der Waals surface area (Å²) < 4.78 is 0. The van der Waals surface area contributed by atoms with Crippen LogP contribution in [0.3, 0.4) is 0 Å². The molecule has 0 saturated heterocycles. The van der Waals surface area contributed by atoms with Crippen molar-refractivity contribution >= 4 is 5.78 Å². The second-order valence-electron chi connectivity index (χ2n) is 4.67. The highest BCUT2D eigenvalue weighted by Crippen LogP contribution is 2.42. The van der Waals surface area contributed by atoms with E-state index in [4.69, 9.17) is 0 Å². The third-order valence-corrected chi connectivity index (χ3v) is 2.96. The number of allylic oxidation sites excluding steroid dienone is 4. The van der Waals surface area contributed by atoms with Gasteiger partial charge in [0, 0.05) is 5.92 Å². The summed E-state index contributed by atoms with van der Waals surface area (Å²) in [6.45, 7) is 10.4. The van der Waals surface area contributed by atoms with Crippen LogP contribution in [-0.2, 0) is 4.79 Å². The van der Waals surface area contributed by atoms with E-state index < -0.39 is 0 Å². The molecule has 0 N–H and O–H groups in total. The zero-order chi connectivity index (χ0) is 10.2. The predicted octanol–water partition coefficient (Wildman–Crippen LogP) is 3.12. The number of hydrogen-bond acceptors (Lipinski definition) is 1. The van der Waals surface area contributed by atoms with Gasteiger partial charge in [0.15, 0.2) is 5.78 Å². The molecule has 0 aliphatic heterocycles. The molecule has 0 amide bonds. The standard InChI is InChI=1S/C12H18O/c1-8(2)6-10-11(13)7-9(3)12(10,4)5/h6-7,10H,1-5H3. The third kappa shape index (κ3) is 1.74. The van der Waals surface area contributed by atoms with Crippen molar-refractivity contribution in [2.24, 2.45) is 11.3 Å². The number of rotatable bonds is 1. The third-order valence-electron chi connectivity index (χ3n) is 2.96. The Labute approximate surface area is 80.5 Å². The molecule has 0 fully saturated rings. The van der Waals surface area contributed by atoms with Crippen molar-refractivity contribution in [1.82, 2.24) is 0 Å². The number of carbonyl (C=O) groups is 1. The van der Waals surface area contributed by atoms with Gasteiger partial charge in [-0.3, -0.25) is 4.79 Å². The minimum absolute atomic E-state index is 0.00829. The van der Waals surface area contributed by atoms with Gasteiger partial charge in [0.2, 0.25) is 0 Å². The molecule has 1 nitrogen and oxygen atoms in total. The summed E-state index contributed by atoms with van der Waals surface area (Å²) in [5.74, 6) is 0.307. The molecule has 1 atom stereocenters. The molecule has 13 heavy (non-hydrogen) atoms. The molecule has 72 valence electrons. The van der Waals surface area contributed by atoms with Gasteiger partial charge in [-0.25, -0.2) is 0 Å². The maximum Gasteiger partial charge on any atom is 0.163 e. The molecule has 0 aromatic carbocycles. The Hall–Kier alpha value is -0.850. The number of carbonyl (C=O) groups excluding carboxylic acids is 1. The first-order chi connectivity index (χ1) is 5.85. The van der Waals surface area contributed by atoms with Crippen LogP contribution >= 0.6 is 0 Å². The lowest BCUT2D eigenvalue weighted by atomic mass is 9.77. The average Bonchev–Trinajstić information content (AvgIpc) is 2.13. The van der Waals surface area contributed by atoms with E-state index in [2.05, 4.69) is 19.9 Å². The van der Waals surface area contributed by atoms with E-state index >= 15 is 0 Å². The molecular formula is C12H18O. The van der Waals surface area contributed by atoms with Gasteiger partial charge >= 0.3 is 0 Å². The molecule has 0 radical (unpaired) electrons. The van der Waals surface area contributed by atoms with Crippen molar-refractivity contribution in [3.63, 3.8) is 0 Å². The molecule has 1 aliphatic rings. The van der Waals surface area contributed by atoms with E-state index in [-0.39, 0.29) is 17.1 Å². The van der Waals surface area contributed by atoms with Crippen LogP contribution < -0.4 is 0 Å². The maximum absolute atomic E-state index is 11.6. The lowest BCUT2D eigenvalue weighted by Gasteiger charge is -2.26. The lowest BCUT2D eigenvalue weighted by molar-refractivity contribution is -0.117. The molecule has 0 heterocycles. The molecular weight excluding hydrogens is 160 g/mol. The van der Waals surface area contributed by atoms with Crippen LogP contribution in [0.15, 0.2) is 23.3 Å². The minimum atomic E-state index is 0.00829. The van der Waals surface area contributed by atoms with E-state index in [1.54, 1.807) is 6.08 Å². The fourth-order valence-corrected chi connectivity index (χ4v) is 1.71. The van der Waals surface area contributed by atoms with Gasteiger partial charge in [0.05, 0.1) is 0 Å². The first kappa shape index (κ1) is 10.2. The van der Waals surface area contributed by atoms with Crippen LogP contribution in [0.1, 0.15) is 34.6 Å².